The first-order valence-corrected chi connectivity index (χ1v) is 7.89. The van der Waals surface area contributed by atoms with Gasteiger partial charge in [0.1, 0.15) is 5.75 Å². The summed E-state index contributed by atoms with van der Waals surface area (Å²) in [7, 11) is 1.64. The number of halogens is 1. The zero-order valence-corrected chi connectivity index (χ0v) is 14.1. The van der Waals surface area contributed by atoms with Gasteiger partial charge in [0.25, 0.3) is 0 Å². The number of ether oxygens (including phenoxy) is 1. The van der Waals surface area contributed by atoms with Crippen LogP contribution in [0.1, 0.15) is 24.1 Å². The van der Waals surface area contributed by atoms with Crippen molar-refractivity contribution in [2.45, 2.75) is 19.4 Å². The first kappa shape index (κ1) is 17.2. The van der Waals surface area contributed by atoms with E-state index in [1.165, 1.54) is 0 Å². The number of urea groups is 1. The molecule has 2 aromatic carbocycles. The molecule has 0 radical (unpaired) electrons. The maximum Gasteiger partial charge on any atom is 0.315 e. The fourth-order valence-electron chi connectivity index (χ4n) is 2.26. The lowest BCUT2D eigenvalue weighted by atomic mass is 10.1. The summed E-state index contributed by atoms with van der Waals surface area (Å²) in [6.45, 7) is 2.47. The third-order valence-corrected chi connectivity index (χ3v) is 3.92. The summed E-state index contributed by atoms with van der Waals surface area (Å²) in [5.41, 5.74) is 2.05. The van der Waals surface area contributed by atoms with E-state index in [-0.39, 0.29) is 12.1 Å². The van der Waals surface area contributed by atoms with Crippen molar-refractivity contribution in [2.24, 2.45) is 0 Å². The van der Waals surface area contributed by atoms with Crippen LogP contribution in [0.3, 0.4) is 0 Å². The van der Waals surface area contributed by atoms with Gasteiger partial charge in [0.15, 0.2) is 0 Å². The number of benzene rings is 2. The minimum absolute atomic E-state index is 0.148. The predicted octanol–water partition coefficient (Wildman–Crippen LogP) is 3.95. The average molecular weight is 333 g/mol. The smallest absolute Gasteiger partial charge is 0.315 e. The van der Waals surface area contributed by atoms with Gasteiger partial charge in [-0.2, -0.15) is 0 Å². The van der Waals surface area contributed by atoms with Gasteiger partial charge in [0.05, 0.1) is 13.2 Å². The molecule has 0 heterocycles. The minimum Gasteiger partial charge on any atom is -0.497 e. The third kappa shape index (κ3) is 5.18. The molecule has 0 bridgehead atoms. The summed E-state index contributed by atoms with van der Waals surface area (Å²) in [4.78, 5) is 11.9. The van der Waals surface area contributed by atoms with Crippen LogP contribution in [0.5, 0.6) is 5.75 Å². The van der Waals surface area contributed by atoms with Crippen molar-refractivity contribution < 1.29 is 9.53 Å². The molecular weight excluding hydrogens is 312 g/mol. The van der Waals surface area contributed by atoms with Crippen LogP contribution < -0.4 is 15.4 Å². The molecule has 1 atom stereocenters. The zero-order chi connectivity index (χ0) is 16.7. The van der Waals surface area contributed by atoms with Gasteiger partial charge in [-0.05, 0) is 42.7 Å². The fourth-order valence-corrected chi connectivity index (χ4v) is 2.56. The van der Waals surface area contributed by atoms with Crippen LogP contribution in [-0.2, 0) is 6.42 Å². The van der Waals surface area contributed by atoms with Gasteiger partial charge in [0.2, 0.25) is 0 Å². The SMILES string of the molecule is COc1ccc(CCNC(=O)NC(C)c2ccccc2Cl)cc1. The van der Waals surface area contributed by atoms with Crippen molar-refractivity contribution >= 4 is 17.6 Å². The Morgan fingerprint density at radius 2 is 1.87 bits per heavy atom. The van der Waals surface area contributed by atoms with Crippen molar-refractivity contribution in [1.29, 1.82) is 0 Å². The van der Waals surface area contributed by atoms with E-state index in [0.29, 0.717) is 11.6 Å². The molecule has 0 saturated heterocycles. The van der Waals surface area contributed by atoms with Crippen molar-refractivity contribution in [1.82, 2.24) is 10.6 Å². The highest BCUT2D eigenvalue weighted by atomic mass is 35.5. The molecule has 2 N–H and O–H groups in total. The molecule has 0 spiro atoms. The maximum atomic E-state index is 11.9. The lowest BCUT2D eigenvalue weighted by molar-refractivity contribution is 0.238. The molecule has 5 heteroatoms. The summed E-state index contributed by atoms with van der Waals surface area (Å²) in [6, 6.07) is 14.9. The number of amides is 2. The van der Waals surface area contributed by atoms with E-state index in [1.807, 2.05) is 55.5 Å². The van der Waals surface area contributed by atoms with Crippen molar-refractivity contribution in [3.63, 3.8) is 0 Å². The molecule has 0 fully saturated rings. The molecule has 23 heavy (non-hydrogen) atoms. The molecule has 2 amide bonds. The fraction of sp³-hybridized carbons (Fsp3) is 0.278. The Balaban J connectivity index is 1.77. The van der Waals surface area contributed by atoms with Gasteiger partial charge in [-0.25, -0.2) is 4.79 Å². The Bertz CT molecular complexity index is 644. The van der Waals surface area contributed by atoms with Crippen molar-refractivity contribution in [3.8, 4) is 5.75 Å². The summed E-state index contributed by atoms with van der Waals surface area (Å²) < 4.78 is 5.12. The van der Waals surface area contributed by atoms with Crippen LogP contribution in [0.25, 0.3) is 0 Å². The van der Waals surface area contributed by atoms with E-state index in [9.17, 15) is 4.79 Å². The van der Waals surface area contributed by atoms with Gasteiger partial charge in [-0.1, -0.05) is 41.9 Å². The van der Waals surface area contributed by atoms with Crippen LogP contribution in [0.2, 0.25) is 5.02 Å². The number of nitrogens with one attached hydrogen (secondary N) is 2. The Morgan fingerprint density at radius 3 is 2.52 bits per heavy atom. The van der Waals surface area contributed by atoms with Crippen molar-refractivity contribution in [3.05, 3.63) is 64.7 Å². The maximum absolute atomic E-state index is 11.9. The molecular formula is C18H21ClN2O2. The van der Waals surface area contributed by atoms with Gasteiger partial charge in [-0.3, -0.25) is 0 Å². The van der Waals surface area contributed by atoms with Gasteiger partial charge >= 0.3 is 6.03 Å². The van der Waals surface area contributed by atoms with E-state index < -0.39 is 0 Å². The average Bonchev–Trinajstić information content (AvgIpc) is 2.55. The van der Waals surface area contributed by atoms with Gasteiger partial charge in [-0.15, -0.1) is 0 Å². The first-order valence-electron chi connectivity index (χ1n) is 7.52. The monoisotopic (exact) mass is 332 g/mol. The van der Waals surface area contributed by atoms with Gasteiger partial charge in [0, 0.05) is 11.6 Å². The second-order valence-corrected chi connectivity index (χ2v) is 5.65. The Morgan fingerprint density at radius 1 is 1.17 bits per heavy atom. The Labute approximate surface area is 141 Å². The molecule has 4 nitrogen and oxygen atoms in total. The molecule has 1 unspecified atom stereocenters. The molecule has 122 valence electrons. The number of carbonyl (C=O) groups is 1. The summed E-state index contributed by atoms with van der Waals surface area (Å²) in [6.07, 6.45) is 0.762. The Kier molecular flexibility index (Phi) is 6.29. The lowest BCUT2D eigenvalue weighted by Crippen LogP contribution is -2.38. The summed E-state index contributed by atoms with van der Waals surface area (Å²) in [5, 5.41) is 6.39. The molecule has 0 aliphatic carbocycles. The van der Waals surface area contributed by atoms with Crippen LogP contribution >= 0.6 is 11.6 Å². The number of methoxy groups -OCH3 is 1. The summed E-state index contributed by atoms with van der Waals surface area (Å²) in [5.74, 6) is 0.827. The highest BCUT2D eigenvalue weighted by molar-refractivity contribution is 6.31. The van der Waals surface area contributed by atoms with E-state index in [1.54, 1.807) is 7.11 Å². The molecule has 0 saturated carbocycles. The summed E-state index contributed by atoms with van der Waals surface area (Å²) >= 11 is 6.13. The largest absolute Gasteiger partial charge is 0.497 e. The van der Waals surface area contributed by atoms with Crippen LogP contribution in [0.4, 0.5) is 4.79 Å². The van der Waals surface area contributed by atoms with E-state index >= 15 is 0 Å². The highest BCUT2D eigenvalue weighted by Gasteiger charge is 2.11. The highest BCUT2D eigenvalue weighted by Crippen LogP contribution is 2.21. The first-order chi connectivity index (χ1) is 11.1. The quantitative estimate of drug-likeness (QED) is 0.841. The normalized spacial score (nSPS) is 11.6. The number of carbonyl (C=O) groups excluding carboxylic acids is 1. The van der Waals surface area contributed by atoms with Crippen molar-refractivity contribution in [2.75, 3.05) is 13.7 Å². The van der Waals surface area contributed by atoms with Crippen LogP contribution in [0.15, 0.2) is 48.5 Å². The molecule has 0 aliphatic rings. The number of hydrogen-bond donors (Lipinski definition) is 2. The second kappa shape index (κ2) is 8.44. The molecule has 2 rings (SSSR count). The van der Waals surface area contributed by atoms with E-state index in [4.69, 9.17) is 16.3 Å². The molecule has 0 aromatic heterocycles. The second-order valence-electron chi connectivity index (χ2n) is 5.24. The topological polar surface area (TPSA) is 50.4 Å². The number of hydrogen-bond acceptors (Lipinski definition) is 2. The van der Waals surface area contributed by atoms with Crippen LogP contribution in [0, 0.1) is 0 Å². The lowest BCUT2D eigenvalue weighted by Gasteiger charge is -2.16. The molecule has 2 aromatic rings. The Hall–Kier alpha value is -2.20. The third-order valence-electron chi connectivity index (χ3n) is 3.58. The number of rotatable bonds is 6. The minimum atomic E-state index is -0.203. The van der Waals surface area contributed by atoms with Crippen LogP contribution in [-0.4, -0.2) is 19.7 Å². The van der Waals surface area contributed by atoms with E-state index in [0.717, 1.165) is 23.3 Å². The standard InChI is InChI=1S/C18H21ClN2O2/c1-13(16-5-3-4-6-17(16)19)21-18(22)20-12-11-14-7-9-15(23-2)10-8-14/h3-10,13H,11-12H2,1-2H3,(H2,20,21,22). The molecule has 0 aliphatic heterocycles. The van der Waals surface area contributed by atoms with E-state index in [2.05, 4.69) is 10.6 Å². The zero-order valence-electron chi connectivity index (χ0n) is 13.3. The predicted molar refractivity (Wildman–Crippen MR) is 93.1 cm³/mol. The van der Waals surface area contributed by atoms with Gasteiger partial charge < -0.3 is 15.4 Å².